The van der Waals surface area contributed by atoms with Crippen molar-refractivity contribution in [2.75, 3.05) is 7.11 Å². The molecule has 6 heteroatoms. The summed E-state index contributed by atoms with van der Waals surface area (Å²) in [4.78, 5) is 15.4. The van der Waals surface area contributed by atoms with Gasteiger partial charge in [0, 0.05) is 6.20 Å². The Balaban J connectivity index is 2.22. The highest BCUT2D eigenvalue weighted by Gasteiger charge is 2.50. The van der Waals surface area contributed by atoms with E-state index in [-0.39, 0.29) is 0 Å². The maximum atomic E-state index is 11.2. The average Bonchev–Trinajstić information content (AvgIpc) is 2.63. The van der Waals surface area contributed by atoms with E-state index < -0.39 is 18.3 Å². The number of hydrogen-bond donors (Lipinski definition) is 0. The first-order valence-corrected chi connectivity index (χ1v) is 6.83. The minimum atomic E-state index is -0.470. The summed E-state index contributed by atoms with van der Waals surface area (Å²) in [6.07, 6.45) is 4.04. The zero-order valence-corrected chi connectivity index (χ0v) is 13.0. The van der Waals surface area contributed by atoms with Crippen LogP contribution in [0.1, 0.15) is 43.7 Å². The number of hydrogen-bond acceptors (Lipinski definition) is 5. The molecule has 21 heavy (non-hydrogen) atoms. The first kappa shape index (κ1) is 15.7. The van der Waals surface area contributed by atoms with E-state index in [1.165, 1.54) is 7.11 Å². The lowest BCUT2D eigenvalue weighted by molar-refractivity contribution is 0.00578. The zero-order valence-electron chi connectivity index (χ0n) is 13.0. The van der Waals surface area contributed by atoms with Crippen molar-refractivity contribution in [1.29, 1.82) is 0 Å². The van der Waals surface area contributed by atoms with Gasteiger partial charge in [0.2, 0.25) is 0 Å². The summed E-state index contributed by atoms with van der Waals surface area (Å²) < 4.78 is 16.9. The van der Waals surface area contributed by atoms with E-state index in [9.17, 15) is 4.79 Å². The standard InChI is InChI=1S/C15H20BNO4/c1-14(2)15(3,4)21-16(20-14)8-6-12-11(10-18)13(19-5)7-9-17-12/h6-10H,1-5H3/b8-6+. The zero-order chi connectivity index (χ0) is 15.7. The van der Waals surface area contributed by atoms with Crippen molar-refractivity contribution in [3.8, 4) is 5.75 Å². The van der Waals surface area contributed by atoms with E-state index >= 15 is 0 Å². The molecule has 0 N–H and O–H groups in total. The van der Waals surface area contributed by atoms with Crippen LogP contribution in [0.5, 0.6) is 5.75 Å². The molecular weight excluding hydrogens is 269 g/mol. The maximum Gasteiger partial charge on any atom is 0.487 e. The molecule has 5 nitrogen and oxygen atoms in total. The fourth-order valence-corrected chi connectivity index (χ4v) is 2.04. The van der Waals surface area contributed by atoms with Crippen LogP contribution in [0.25, 0.3) is 6.08 Å². The topological polar surface area (TPSA) is 57.6 Å². The molecule has 2 heterocycles. The van der Waals surface area contributed by atoms with Gasteiger partial charge in [0.1, 0.15) is 5.75 Å². The van der Waals surface area contributed by atoms with Gasteiger partial charge in [0.05, 0.1) is 29.6 Å². The SMILES string of the molecule is COc1ccnc(/C=C/B2OC(C)(C)C(C)(C)O2)c1C=O. The number of pyridine rings is 1. The summed E-state index contributed by atoms with van der Waals surface area (Å²) in [6.45, 7) is 7.95. The van der Waals surface area contributed by atoms with Crippen LogP contribution >= 0.6 is 0 Å². The second-order valence-electron chi connectivity index (χ2n) is 5.91. The van der Waals surface area contributed by atoms with Crippen LogP contribution in [0.3, 0.4) is 0 Å². The van der Waals surface area contributed by atoms with Gasteiger partial charge in [0.15, 0.2) is 6.29 Å². The molecule has 0 aliphatic carbocycles. The first-order valence-electron chi connectivity index (χ1n) is 6.83. The van der Waals surface area contributed by atoms with Gasteiger partial charge in [0.25, 0.3) is 0 Å². The van der Waals surface area contributed by atoms with Crippen molar-refractivity contribution >= 4 is 19.5 Å². The molecule has 1 aliphatic heterocycles. The molecule has 0 amide bonds. The Labute approximate surface area is 125 Å². The molecule has 0 atom stereocenters. The molecule has 1 aromatic rings. The lowest BCUT2D eigenvalue weighted by Crippen LogP contribution is -2.41. The summed E-state index contributed by atoms with van der Waals surface area (Å²) in [7, 11) is 1.05. The van der Waals surface area contributed by atoms with E-state index in [1.54, 1.807) is 24.3 Å². The number of carbonyl (C=O) groups excluding carboxylic acids is 1. The second kappa shape index (κ2) is 5.62. The van der Waals surface area contributed by atoms with Crippen molar-refractivity contribution < 1.29 is 18.8 Å². The molecule has 0 radical (unpaired) electrons. The van der Waals surface area contributed by atoms with E-state index in [0.717, 1.165) is 6.29 Å². The average molecular weight is 289 g/mol. The quantitative estimate of drug-likeness (QED) is 0.629. The molecule has 112 valence electrons. The molecule has 0 spiro atoms. The molecule has 1 aliphatic rings. The third-order valence-corrected chi connectivity index (χ3v) is 4.00. The number of aromatic nitrogens is 1. The van der Waals surface area contributed by atoms with E-state index in [1.807, 2.05) is 27.7 Å². The first-order chi connectivity index (χ1) is 9.80. The molecular formula is C15H20BNO4. The van der Waals surface area contributed by atoms with Crippen molar-refractivity contribution in [3.63, 3.8) is 0 Å². The van der Waals surface area contributed by atoms with Gasteiger partial charge < -0.3 is 14.0 Å². The van der Waals surface area contributed by atoms with Crippen molar-refractivity contribution in [2.24, 2.45) is 0 Å². The smallest absolute Gasteiger partial charge is 0.487 e. The highest BCUT2D eigenvalue weighted by Crippen LogP contribution is 2.37. The third-order valence-electron chi connectivity index (χ3n) is 4.00. The highest BCUT2D eigenvalue weighted by atomic mass is 16.7. The van der Waals surface area contributed by atoms with E-state index in [4.69, 9.17) is 14.0 Å². The van der Waals surface area contributed by atoms with E-state index in [0.29, 0.717) is 17.0 Å². The molecule has 1 fully saturated rings. The normalized spacial score (nSPS) is 20.0. The fourth-order valence-electron chi connectivity index (χ4n) is 2.04. The molecule has 0 bridgehead atoms. The number of carbonyl (C=O) groups is 1. The van der Waals surface area contributed by atoms with Crippen LogP contribution in [-0.4, -0.2) is 36.7 Å². The molecule has 0 unspecified atom stereocenters. The Bertz CT molecular complexity index is 553. The third kappa shape index (κ3) is 3.01. The fraction of sp³-hybridized carbons (Fsp3) is 0.467. The lowest BCUT2D eigenvalue weighted by atomic mass is 9.89. The Morgan fingerprint density at radius 3 is 2.38 bits per heavy atom. The molecule has 1 aromatic heterocycles. The molecule has 2 rings (SSSR count). The van der Waals surface area contributed by atoms with Crippen LogP contribution in [0.2, 0.25) is 0 Å². The molecule has 1 saturated heterocycles. The number of nitrogens with zero attached hydrogens (tertiary/aromatic N) is 1. The molecule has 0 saturated carbocycles. The largest absolute Gasteiger partial charge is 0.496 e. The summed E-state index contributed by atoms with van der Waals surface area (Å²) in [5, 5.41) is 0. The van der Waals surface area contributed by atoms with Gasteiger partial charge in [-0.15, -0.1) is 0 Å². The predicted octanol–water partition coefficient (Wildman–Crippen LogP) is 2.55. The number of methoxy groups -OCH3 is 1. The summed E-state index contributed by atoms with van der Waals surface area (Å²) in [5.74, 6) is 2.25. The Morgan fingerprint density at radius 2 is 1.86 bits per heavy atom. The summed E-state index contributed by atoms with van der Waals surface area (Å²) >= 11 is 0. The Morgan fingerprint density at radius 1 is 1.24 bits per heavy atom. The summed E-state index contributed by atoms with van der Waals surface area (Å²) in [5.41, 5.74) is 0.154. The van der Waals surface area contributed by atoms with Gasteiger partial charge in [-0.25, -0.2) is 0 Å². The predicted molar refractivity (Wildman–Crippen MR) is 81.3 cm³/mol. The Hall–Kier alpha value is -1.66. The van der Waals surface area contributed by atoms with Crippen LogP contribution < -0.4 is 4.74 Å². The minimum absolute atomic E-state index is 0.392. The molecule has 0 aromatic carbocycles. The van der Waals surface area contributed by atoms with Gasteiger partial charge in [-0.1, -0.05) is 5.98 Å². The van der Waals surface area contributed by atoms with Crippen LogP contribution in [-0.2, 0) is 9.31 Å². The summed E-state index contributed by atoms with van der Waals surface area (Å²) in [6, 6.07) is 1.65. The van der Waals surface area contributed by atoms with E-state index in [2.05, 4.69) is 4.98 Å². The van der Waals surface area contributed by atoms with Crippen molar-refractivity contribution in [3.05, 3.63) is 29.5 Å². The maximum absolute atomic E-state index is 11.2. The number of rotatable bonds is 4. The minimum Gasteiger partial charge on any atom is -0.496 e. The van der Waals surface area contributed by atoms with Crippen LogP contribution in [0.4, 0.5) is 0 Å². The van der Waals surface area contributed by atoms with Gasteiger partial charge in [-0.2, -0.15) is 0 Å². The lowest BCUT2D eigenvalue weighted by Gasteiger charge is -2.32. The number of aldehydes is 1. The van der Waals surface area contributed by atoms with Gasteiger partial charge in [-0.3, -0.25) is 9.78 Å². The van der Waals surface area contributed by atoms with Crippen LogP contribution in [0.15, 0.2) is 18.2 Å². The second-order valence-corrected chi connectivity index (χ2v) is 5.91. The van der Waals surface area contributed by atoms with Crippen molar-refractivity contribution in [1.82, 2.24) is 4.98 Å². The Kier molecular flexibility index (Phi) is 4.21. The monoisotopic (exact) mass is 289 g/mol. The van der Waals surface area contributed by atoms with Gasteiger partial charge >= 0.3 is 7.12 Å². The van der Waals surface area contributed by atoms with Crippen LogP contribution in [0, 0.1) is 0 Å². The number of ether oxygens (including phenoxy) is 1. The van der Waals surface area contributed by atoms with Gasteiger partial charge in [-0.05, 0) is 39.8 Å². The highest BCUT2D eigenvalue weighted by molar-refractivity contribution is 6.52. The van der Waals surface area contributed by atoms with Crippen molar-refractivity contribution in [2.45, 2.75) is 38.9 Å².